The normalized spacial score (nSPS) is 30.2. The quantitative estimate of drug-likeness (QED) is 0.341. The molecule has 8 atom stereocenters. The highest BCUT2D eigenvalue weighted by Crippen LogP contribution is 2.58. The molecular weight excluding hydrogens is 638 g/mol. The number of primary amides is 1. The zero-order valence-corrected chi connectivity index (χ0v) is 27.5. The van der Waals surface area contributed by atoms with Crippen LogP contribution in [0.5, 0.6) is 0 Å². The molecule has 50 heavy (non-hydrogen) atoms. The van der Waals surface area contributed by atoms with Gasteiger partial charge in [0.2, 0.25) is 11.8 Å². The first kappa shape index (κ1) is 32.1. The van der Waals surface area contributed by atoms with Crippen LogP contribution in [-0.2, 0) is 19.1 Å². The molecule has 2 heterocycles. The molecule has 2 aliphatic heterocycles. The summed E-state index contributed by atoms with van der Waals surface area (Å²) >= 11 is 0. The number of anilines is 2. The molecule has 2 saturated carbocycles. The monoisotopic (exact) mass is 677 g/mol. The lowest BCUT2D eigenvalue weighted by atomic mass is 10.0. The van der Waals surface area contributed by atoms with Gasteiger partial charge in [0.05, 0.1) is 38.2 Å². The molecule has 2 aromatic rings. The first-order valence-corrected chi connectivity index (χ1v) is 17.4. The highest BCUT2D eigenvalue weighted by molar-refractivity contribution is 5.91. The predicted molar refractivity (Wildman–Crippen MR) is 182 cm³/mol. The number of amides is 4. The Bertz CT molecular complexity index is 1830. The van der Waals surface area contributed by atoms with Crippen LogP contribution in [-0.4, -0.2) is 79.0 Å². The lowest BCUT2D eigenvalue weighted by molar-refractivity contribution is -0.135. The number of hydrogen-bond donors (Lipinski definition) is 2. The molecule has 0 radical (unpaired) electrons. The van der Waals surface area contributed by atoms with E-state index in [1.165, 1.54) is 25.8 Å². The van der Waals surface area contributed by atoms with Crippen molar-refractivity contribution in [2.75, 3.05) is 42.6 Å². The summed E-state index contributed by atoms with van der Waals surface area (Å²) in [6.07, 6.45) is 3.73. The Morgan fingerprint density at radius 2 is 1.34 bits per heavy atom. The number of rotatable bonds is 12. The number of allylic oxidation sites excluding steroid dienone is 4. The van der Waals surface area contributed by atoms with Crippen molar-refractivity contribution in [3.05, 3.63) is 71.8 Å². The SMILES string of the molecule is N#CC1C2C=C(c3ccc(N4C[C@H](CN(C[C@H]5CN(c6ccc(C7=CC8C(CO)C8C7)cc6)C(=O)O5)C(=O)CCC(N)=O)OC4=O)cc3)CC12. The Morgan fingerprint density at radius 3 is 1.76 bits per heavy atom. The molecule has 0 spiro atoms. The van der Waals surface area contributed by atoms with Gasteiger partial charge in [-0.15, -0.1) is 0 Å². The van der Waals surface area contributed by atoms with Crippen LogP contribution >= 0.6 is 0 Å². The maximum atomic E-state index is 13.3. The summed E-state index contributed by atoms with van der Waals surface area (Å²) in [5, 5.41) is 18.6. The molecule has 0 aromatic heterocycles. The lowest BCUT2D eigenvalue weighted by Gasteiger charge is -2.27. The van der Waals surface area contributed by atoms with E-state index in [2.05, 4.69) is 18.2 Å². The number of benzene rings is 2. The summed E-state index contributed by atoms with van der Waals surface area (Å²) in [4.78, 5) is 55.3. The van der Waals surface area contributed by atoms with Crippen LogP contribution in [0.25, 0.3) is 11.1 Å². The van der Waals surface area contributed by atoms with Crippen LogP contribution < -0.4 is 15.5 Å². The smallest absolute Gasteiger partial charge is 0.414 e. The standard InChI is InChI=1S/C38H39N5O7/c39-15-33-29-11-23(12-30(29)33)21-1-5-25(6-2-21)42-18-27(49-37(42)47)16-41(36(46)10-9-35(40)45)17-28-19-43(38(48)50-28)26-7-3-22(4-8-26)24-13-31-32(14-24)34(31)20-44/h1-8,11,13,27-34,44H,9-10,12,14,16-20H2,(H2,40,45)/t27-,28-,29?,30?,31?,32?,33?,34?/m0/s1. The summed E-state index contributed by atoms with van der Waals surface area (Å²) in [5.74, 6) is 1.35. The van der Waals surface area contributed by atoms with E-state index in [-0.39, 0.29) is 57.5 Å². The van der Waals surface area contributed by atoms with Gasteiger partial charge in [-0.05, 0) is 89.0 Å². The van der Waals surface area contributed by atoms with Crippen molar-refractivity contribution in [3.8, 4) is 6.07 Å². The third kappa shape index (κ3) is 6.00. The number of hydrogen-bond acceptors (Lipinski definition) is 8. The van der Waals surface area contributed by atoms with Crippen molar-refractivity contribution >= 4 is 46.5 Å². The molecule has 2 saturated heterocycles. The predicted octanol–water partition coefficient (Wildman–Crippen LogP) is 3.95. The second-order valence-electron chi connectivity index (χ2n) is 14.4. The first-order valence-electron chi connectivity index (χ1n) is 17.4. The van der Waals surface area contributed by atoms with Crippen molar-refractivity contribution < 1.29 is 33.8 Å². The Kier molecular flexibility index (Phi) is 8.10. The number of fused-ring (bicyclic) bond motifs is 2. The summed E-state index contributed by atoms with van der Waals surface area (Å²) in [6, 6.07) is 17.8. The van der Waals surface area contributed by atoms with Crippen molar-refractivity contribution in [2.45, 2.75) is 37.9 Å². The molecule has 4 fully saturated rings. The summed E-state index contributed by atoms with van der Waals surface area (Å²) in [5.41, 5.74) is 11.3. The second kappa shape index (κ2) is 12.6. The Labute approximate surface area is 289 Å². The fourth-order valence-corrected chi connectivity index (χ4v) is 8.40. The van der Waals surface area contributed by atoms with Gasteiger partial charge >= 0.3 is 12.2 Å². The van der Waals surface area contributed by atoms with Crippen molar-refractivity contribution in [1.29, 1.82) is 5.26 Å². The van der Waals surface area contributed by atoms with Gasteiger partial charge in [0.15, 0.2) is 0 Å². The van der Waals surface area contributed by atoms with E-state index in [0.29, 0.717) is 41.0 Å². The minimum Gasteiger partial charge on any atom is -0.442 e. The molecule has 12 heteroatoms. The van der Waals surface area contributed by atoms with E-state index < -0.39 is 30.3 Å². The Morgan fingerprint density at radius 1 is 0.820 bits per heavy atom. The average Bonchev–Trinajstić information content (AvgIpc) is 3.53. The molecule has 12 nitrogen and oxygen atoms in total. The summed E-state index contributed by atoms with van der Waals surface area (Å²) < 4.78 is 11.4. The van der Waals surface area contributed by atoms with Gasteiger partial charge in [-0.2, -0.15) is 5.26 Å². The summed E-state index contributed by atoms with van der Waals surface area (Å²) in [6.45, 7) is 0.795. The van der Waals surface area contributed by atoms with Crippen molar-refractivity contribution in [2.24, 2.45) is 41.2 Å². The zero-order valence-electron chi connectivity index (χ0n) is 27.5. The maximum absolute atomic E-state index is 13.3. The minimum absolute atomic E-state index is 0.0601. The van der Waals surface area contributed by atoms with Gasteiger partial charge in [0.25, 0.3) is 0 Å². The van der Waals surface area contributed by atoms with Crippen LogP contribution in [0.1, 0.15) is 36.8 Å². The number of carbonyl (C=O) groups is 4. The number of aliphatic hydroxyl groups excluding tert-OH is 1. The number of carbonyl (C=O) groups excluding carboxylic acids is 4. The molecule has 2 aromatic carbocycles. The third-order valence-corrected chi connectivity index (χ3v) is 11.3. The molecule has 6 aliphatic rings. The van der Waals surface area contributed by atoms with E-state index >= 15 is 0 Å². The summed E-state index contributed by atoms with van der Waals surface area (Å²) in [7, 11) is 0. The number of nitrogens with zero attached hydrogens (tertiary/aromatic N) is 4. The topological polar surface area (TPSA) is 166 Å². The molecule has 3 N–H and O–H groups in total. The van der Waals surface area contributed by atoms with Crippen LogP contribution in [0.15, 0.2) is 60.7 Å². The van der Waals surface area contributed by atoms with Gasteiger partial charge in [-0.1, -0.05) is 36.4 Å². The van der Waals surface area contributed by atoms with Crippen LogP contribution in [0.3, 0.4) is 0 Å². The van der Waals surface area contributed by atoms with Gasteiger partial charge < -0.3 is 25.2 Å². The molecular formula is C38H39N5O7. The fourth-order valence-electron chi connectivity index (χ4n) is 8.40. The average molecular weight is 678 g/mol. The van der Waals surface area contributed by atoms with Crippen LogP contribution in [0, 0.1) is 46.8 Å². The minimum atomic E-state index is -0.642. The van der Waals surface area contributed by atoms with E-state index in [4.69, 9.17) is 15.2 Å². The molecule has 0 bridgehead atoms. The van der Waals surface area contributed by atoms with E-state index in [1.54, 1.807) is 0 Å². The van der Waals surface area contributed by atoms with Crippen LogP contribution in [0.4, 0.5) is 21.0 Å². The fraction of sp³-hybridized carbons (Fsp3) is 0.447. The maximum Gasteiger partial charge on any atom is 0.414 e. The molecule has 258 valence electrons. The lowest BCUT2D eigenvalue weighted by Crippen LogP contribution is -2.44. The van der Waals surface area contributed by atoms with E-state index in [9.17, 15) is 29.5 Å². The largest absolute Gasteiger partial charge is 0.442 e. The van der Waals surface area contributed by atoms with E-state index in [1.807, 2.05) is 48.5 Å². The van der Waals surface area contributed by atoms with Gasteiger partial charge in [0, 0.05) is 30.8 Å². The zero-order chi connectivity index (χ0) is 34.7. The number of cyclic esters (lactones) is 2. The number of aliphatic hydroxyl groups is 1. The van der Waals surface area contributed by atoms with Crippen LogP contribution in [0.2, 0.25) is 0 Å². The Hall–Kier alpha value is -5.15. The Balaban J connectivity index is 0.897. The highest BCUT2D eigenvalue weighted by atomic mass is 16.6. The molecule has 6 unspecified atom stereocenters. The molecule has 4 amide bonds. The van der Waals surface area contributed by atoms with Gasteiger partial charge in [-0.3, -0.25) is 19.4 Å². The van der Waals surface area contributed by atoms with Gasteiger partial charge in [-0.25, -0.2) is 9.59 Å². The van der Waals surface area contributed by atoms with Crippen molar-refractivity contribution in [1.82, 2.24) is 4.90 Å². The second-order valence-corrected chi connectivity index (χ2v) is 14.4. The molecule has 8 rings (SSSR count). The third-order valence-electron chi connectivity index (χ3n) is 11.3. The van der Waals surface area contributed by atoms with Gasteiger partial charge in [0.1, 0.15) is 12.2 Å². The van der Waals surface area contributed by atoms with Crippen molar-refractivity contribution in [3.63, 3.8) is 0 Å². The first-order chi connectivity index (χ1) is 24.2. The number of nitrogens with two attached hydrogens (primary N) is 1. The van der Waals surface area contributed by atoms with E-state index in [0.717, 1.165) is 24.0 Å². The number of nitriles is 1. The highest BCUT2D eigenvalue weighted by Gasteiger charge is 2.53. The number of ether oxygens (including phenoxy) is 2. The molecule has 4 aliphatic carbocycles.